The van der Waals surface area contributed by atoms with Gasteiger partial charge < -0.3 is 0 Å². The van der Waals surface area contributed by atoms with Gasteiger partial charge in [0.25, 0.3) is 0 Å². The number of carbonyl (C=O) groups is 2. The van der Waals surface area contributed by atoms with Crippen molar-refractivity contribution in [2.75, 3.05) is 0 Å². The summed E-state index contributed by atoms with van der Waals surface area (Å²) in [7, 11) is 0. The van der Waals surface area contributed by atoms with E-state index in [4.69, 9.17) is 12.2 Å². The third-order valence-corrected chi connectivity index (χ3v) is 4.22. The van der Waals surface area contributed by atoms with Crippen LogP contribution in [0.5, 0.6) is 0 Å². The fourth-order valence-corrected chi connectivity index (χ4v) is 2.77. The molecule has 1 fully saturated rings. The van der Waals surface area contributed by atoms with Crippen LogP contribution in [0.3, 0.4) is 0 Å². The van der Waals surface area contributed by atoms with Crippen LogP contribution >= 0.6 is 12.2 Å². The van der Waals surface area contributed by atoms with Gasteiger partial charge >= 0.3 is 0 Å². The van der Waals surface area contributed by atoms with E-state index >= 15 is 0 Å². The number of carbonyl (C=O) groups excluding carboxylic acids is 2. The molecule has 0 atom stereocenters. The number of amides is 2. The van der Waals surface area contributed by atoms with E-state index in [0.717, 1.165) is 36.8 Å². The van der Waals surface area contributed by atoms with Crippen molar-refractivity contribution in [1.29, 1.82) is 0 Å². The summed E-state index contributed by atoms with van der Waals surface area (Å²) in [6, 6.07) is 7.81. The molecule has 0 unspecified atom stereocenters. The summed E-state index contributed by atoms with van der Waals surface area (Å²) >= 11 is 5.01. The van der Waals surface area contributed by atoms with Crippen LogP contribution in [0, 0.1) is 12.8 Å². The summed E-state index contributed by atoms with van der Waals surface area (Å²) in [4.78, 5) is 23.8. The molecular formula is C18H23N3O2S. The first kappa shape index (κ1) is 18.1. The number of hydrogen-bond donors (Lipinski definition) is 3. The number of benzene rings is 1. The molecule has 1 aliphatic rings. The van der Waals surface area contributed by atoms with Gasteiger partial charge in [0.2, 0.25) is 11.8 Å². The molecule has 0 aliphatic heterocycles. The molecule has 2 amide bonds. The zero-order valence-corrected chi connectivity index (χ0v) is 14.6. The van der Waals surface area contributed by atoms with E-state index in [1.54, 1.807) is 6.08 Å². The van der Waals surface area contributed by atoms with Gasteiger partial charge in [0.15, 0.2) is 5.11 Å². The monoisotopic (exact) mass is 345 g/mol. The van der Waals surface area contributed by atoms with Crippen molar-refractivity contribution in [2.45, 2.75) is 39.0 Å². The second-order valence-corrected chi connectivity index (χ2v) is 6.42. The molecule has 3 N–H and O–H groups in total. The minimum atomic E-state index is -0.347. The summed E-state index contributed by atoms with van der Waals surface area (Å²) in [5, 5.41) is 2.58. The van der Waals surface area contributed by atoms with E-state index in [1.807, 2.05) is 31.2 Å². The molecule has 128 valence electrons. The van der Waals surface area contributed by atoms with E-state index in [9.17, 15) is 9.59 Å². The third-order valence-electron chi connectivity index (χ3n) is 4.02. The normalized spacial score (nSPS) is 15.0. The zero-order valence-electron chi connectivity index (χ0n) is 13.8. The number of rotatable bonds is 3. The topological polar surface area (TPSA) is 70.2 Å². The Hall–Kier alpha value is -2.21. The van der Waals surface area contributed by atoms with Crippen LogP contribution < -0.4 is 16.2 Å². The summed E-state index contributed by atoms with van der Waals surface area (Å²) < 4.78 is 0. The first-order valence-electron chi connectivity index (χ1n) is 8.20. The first-order chi connectivity index (χ1) is 11.5. The molecule has 1 aromatic rings. The average Bonchev–Trinajstić information content (AvgIpc) is 2.60. The van der Waals surface area contributed by atoms with E-state index in [2.05, 4.69) is 16.2 Å². The van der Waals surface area contributed by atoms with Gasteiger partial charge in [-0.15, -0.1) is 0 Å². The molecule has 1 aromatic carbocycles. The van der Waals surface area contributed by atoms with Gasteiger partial charge in [0, 0.05) is 12.0 Å². The molecule has 1 aliphatic carbocycles. The van der Waals surface area contributed by atoms with Crippen molar-refractivity contribution >= 4 is 35.2 Å². The van der Waals surface area contributed by atoms with E-state index < -0.39 is 0 Å². The quantitative estimate of drug-likeness (QED) is 0.447. The Morgan fingerprint density at radius 1 is 1.08 bits per heavy atom. The van der Waals surface area contributed by atoms with Crippen molar-refractivity contribution in [3.05, 3.63) is 41.5 Å². The molecule has 0 spiro atoms. The molecular weight excluding hydrogens is 322 g/mol. The summed E-state index contributed by atoms with van der Waals surface area (Å²) in [5.41, 5.74) is 7.24. The minimum Gasteiger partial charge on any atom is -0.298 e. The highest BCUT2D eigenvalue weighted by atomic mass is 32.1. The lowest BCUT2D eigenvalue weighted by atomic mass is 9.89. The Morgan fingerprint density at radius 2 is 1.75 bits per heavy atom. The van der Waals surface area contributed by atoms with Crippen LogP contribution in [-0.4, -0.2) is 16.9 Å². The molecule has 0 saturated heterocycles. The lowest BCUT2D eigenvalue weighted by molar-refractivity contribution is -0.126. The maximum absolute atomic E-state index is 12.0. The smallest absolute Gasteiger partial charge is 0.250 e. The Bertz CT molecular complexity index is 620. The number of hydrazine groups is 1. The van der Waals surface area contributed by atoms with E-state index in [-0.39, 0.29) is 22.8 Å². The number of aryl methyl sites for hydroxylation is 1. The van der Waals surface area contributed by atoms with Crippen molar-refractivity contribution in [3.8, 4) is 0 Å². The maximum Gasteiger partial charge on any atom is 0.250 e. The second-order valence-electron chi connectivity index (χ2n) is 6.01. The Morgan fingerprint density at radius 3 is 2.42 bits per heavy atom. The highest BCUT2D eigenvalue weighted by Gasteiger charge is 2.20. The van der Waals surface area contributed by atoms with Crippen molar-refractivity contribution in [2.24, 2.45) is 5.92 Å². The van der Waals surface area contributed by atoms with Gasteiger partial charge in [-0.25, -0.2) is 0 Å². The van der Waals surface area contributed by atoms with Crippen LogP contribution in [-0.2, 0) is 9.59 Å². The molecule has 2 rings (SSSR count). The number of thiocarbonyl (C=S) groups is 1. The lowest BCUT2D eigenvalue weighted by Crippen LogP contribution is -2.50. The van der Waals surface area contributed by atoms with Crippen molar-refractivity contribution in [1.82, 2.24) is 16.2 Å². The predicted molar refractivity (Wildman–Crippen MR) is 98.8 cm³/mol. The summed E-state index contributed by atoms with van der Waals surface area (Å²) in [5.74, 6) is -0.382. The molecule has 24 heavy (non-hydrogen) atoms. The highest BCUT2D eigenvalue weighted by molar-refractivity contribution is 7.80. The Kier molecular flexibility index (Phi) is 6.93. The molecule has 6 heteroatoms. The number of hydrogen-bond acceptors (Lipinski definition) is 3. The Balaban J connectivity index is 1.72. The molecule has 0 heterocycles. The van der Waals surface area contributed by atoms with Crippen LogP contribution in [0.15, 0.2) is 30.3 Å². The van der Waals surface area contributed by atoms with Gasteiger partial charge in [-0.2, -0.15) is 0 Å². The first-order valence-corrected chi connectivity index (χ1v) is 8.61. The average molecular weight is 345 g/mol. The van der Waals surface area contributed by atoms with Crippen molar-refractivity contribution in [3.63, 3.8) is 0 Å². The van der Waals surface area contributed by atoms with E-state index in [0.29, 0.717) is 0 Å². The lowest BCUT2D eigenvalue weighted by Gasteiger charge is -2.21. The van der Waals surface area contributed by atoms with Crippen LogP contribution in [0.2, 0.25) is 0 Å². The Labute approximate surface area is 147 Å². The van der Waals surface area contributed by atoms with Crippen LogP contribution in [0.25, 0.3) is 6.08 Å². The standard InChI is InChI=1S/C18H23N3O2S/c1-13-7-9-14(10-8-13)11-12-16(22)19-18(24)21-20-17(23)15-5-3-2-4-6-15/h7-12,15H,2-6H2,1H3,(H,20,23)(H2,19,21,22,24). The van der Waals surface area contributed by atoms with Crippen LogP contribution in [0.1, 0.15) is 43.2 Å². The summed E-state index contributed by atoms with van der Waals surface area (Å²) in [6.45, 7) is 2.01. The zero-order chi connectivity index (χ0) is 17.4. The van der Waals surface area contributed by atoms with Crippen molar-refractivity contribution < 1.29 is 9.59 Å². The molecule has 0 bridgehead atoms. The van der Waals surface area contributed by atoms with E-state index in [1.165, 1.54) is 12.5 Å². The second kappa shape index (κ2) is 9.17. The van der Waals surface area contributed by atoms with Gasteiger partial charge in [-0.1, -0.05) is 49.1 Å². The molecule has 5 nitrogen and oxygen atoms in total. The maximum atomic E-state index is 12.0. The fourth-order valence-electron chi connectivity index (χ4n) is 2.62. The third kappa shape index (κ3) is 6.12. The molecule has 0 radical (unpaired) electrons. The largest absolute Gasteiger partial charge is 0.298 e. The fraction of sp³-hybridized carbons (Fsp3) is 0.389. The van der Waals surface area contributed by atoms with Gasteiger partial charge in [-0.05, 0) is 43.6 Å². The summed E-state index contributed by atoms with van der Waals surface area (Å²) in [6.07, 6.45) is 8.29. The predicted octanol–water partition coefficient (Wildman–Crippen LogP) is 2.61. The SMILES string of the molecule is Cc1ccc(C=CC(=O)NC(=S)NNC(=O)C2CCCCC2)cc1. The number of nitrogens with one attached hydrogen (secondary N) is 3. The van der Waals surface area contributed by atoms with Crippen LogP contribution in [0.4, 0.5) is 0 Å². The van der Waals surface area contributed by atoms with Gasteiger partial charge in [0.05, 0.1) is 0 Å². The molecule has 1 saturated carbocycles. The minimum absolute atomic E-state index is 0.0335. The van der Waals surface area contributed by atoms with Gasteiger partial charge in [-0.3, -0.25) is 25.8 Å². The highest BCUT2D eigenvalue weighted by Crippen LogP contribution is 2.23. The van der Waals surface area contributed by atoms with Gasteiger partial charge in [0.1, 0.15) is 0 Å². The molecule has 0 aromatic heterocycles.